The Balaban J connectivity index is 1.62. The first-order valence-corrected chi connectivity index (χ1v) is 8.42. The van der Waals surface area contributed by atoms with Crippen LogP contribution in [-0.4, -0.2) is 27.5 Å². The third-order valence-corrected chi connectivity index (χ3v) is 4.31. The van der Waals surface area contributed by atoms with Crippen molar-refractivity contribution in [2.75, 3.05) is 6.54 Å². The van der Waals surface area contributed by atoms with Crippen LogP contribution in [0, 0.1) is 0 Å². The maximum Gasteiger partial charge on any atom is 0.244 e. The molecule has 1 atom stereocenters. The van der Waals surface area contributed by atoms with E-state index in [1.165, 1.54) is 17.4 Å². The van der Waals surface area contributed by atoms with Gasteiger partial charge in [-0.3, -0.25) is 9.78 Å². The number of hydrogen-bond acceptors (Lipinski definition) is 5. The topological polar surface area (TPSA) is 75.1 Å². The van der Waals surface area contributed by atoms with Crippen LogP contribution in [0.2, 0.25) is 0 Å². The fourth-order valence-corrected chi connectivity index (χ4v) is 2.99. The minimum absolute atomic E-state index is 0.135. The smallest absolute Gasteiger partial charge is 0.244 e. The largest absolute Gasteiger partial charge is 0.384 e. The number of fused-ring (bicyclic) bond motifs is 1. The third kappa shape index (κ3) is 3.84. The molecule has 1 amide bonds. The standard InChI is InChI=1S/C18H17N3O2S/c1-18(23,13-8-9-24-11-13)12-20-17(22)7-6-14-10-19-15-4-2-3-5-16(15)21-14/h2-11,23H,12H2,1H3,(H,20,22). The molecule has 0 aliphatic heterocycles. The average molecular weight is 339 g/mol. The number of hydrogen-bond donors (Lipinski definition) is 2. The van der Waals surface area contributed by atoms with Crippen molar-refractivity contribution in [1.82, 2.24) is 15.3 Å². The molecule has 0 aliphatic rings. The molecule has 1 aromatic carbocycles. The molecule has 0 radical (unpaired) electrons. The van der Waals surface area contributed by atoms with Crippen LogP contribution in [0.5, 0.6) is 0 Å². The van der Waals surface area contributed by atoms with Gasteiger partial charge in [-0.25, -0.2) is 4.98 Å². The Morgan fingerprint density at radius 3 is 2.88 bits per heavy atom. The second kappa shape index (κ2) is 6.90. The molecule has 0 fully saturated rings. The lowest BCUT2D eigenvalue weighted by atomic mass is 9.99. The van der Waals surface area contributed by atoms with E-state index in [0.29, 0.717) is 5.69 Å². The van der Waals surface area contributed by atoms with E-state index in [-0.39, 0.29) is 12.5 Å². The summed E-state index contributed by atoms with van der Waals surface area (Å²) >= 11 is 1.51. The molecule has 0 saturated carbocycles. The highest BCUT2D eigenvalue weighted by Gasteiger charge is 2.23. The Morgan fingerprint density at radius 2 is 2.12 bits per heavy atom. The molecule has 122 valence electrons. The van der Waals surface area contributed by atoms with Crippen molar-refractivity contribution < 1.29 is 9.90 Å². The monoisotopic (exact) mass is 339 g/mol. The third-order valence-electron chi connectivity index (χ3n) is 3.62. The Hall–Kier alpha value is -2.57. The van der Waals surface area contributed by atoms with Crippen molar-refractivity contribution in [2.24, 2.45) is 0 Å². The van der Waals surface area contributed by atoms with Crippen molar-refractivity contribution in [3.63, 3.8) is 0 Å². The minimum atomic E-state index is -1.09. The van der Waals surface area contributed by atoms with Crippen LogP contribution >= 0.6 is 11.3 Å². The molecule has 24 heavy (non-hydrogen) atoms. The molecule has 1 unspecified atom stereocenters. The molecule has 6 heteroatoms. The fourth-order valence-electron chi connectivity index (χ4n) is 2.20. The number of thiophene rings is 1. The fraction of sp³-hybridized carbons (Fsp3) is 0.167. The van der Waals surface area contributed by atoms with Crippen molar-refractivity contribution in [2.45, 2.75) is 12.5 Å². The molecule has 2 aromatic heterocycles. The van der Waals surface area contributed by atoms with Gasteiger partial charge in [0.1, 0.15) is 5.60 Å². The summed E-state index contributed by atoms with van der Waals surface area (Å²) in [6.07, 6.45) is 4.62. The molecule has 0 saturated heterocycles. The molecule has 0 aliphatic carbocycles. The van der Waals surface area contributed by atoms with Crippen LogP contribution in [0.25, 0.3) is 17.1 Å². The lowest BCUT2D eigenvalue weighted by Crippen LogP contribution is -2.37. The molecule has 0 bridgehead atoms. The lowest BCUT2D eigenvalue weighted by Gasteiger charge is -2.22. The molecule has 2 heterocycles. The van der Waals surface area contributed by atoms with Gasteiger partial charge in [0, 0.05) is 6.08 Å². The summed E-state index contributed by atoms with van der Waals surface area (Å²) in [6.45, 7) is 1.81. The quantitative estimate of drug-likeness (QED) is 0.701. The summed E-state index contributed by atoms with van der Waals surface area (Å²) in [5, 5.41) is 16.8. The van der Waals surface area contributed by atoms with Crippen molar-refractivity contribution in [1.29, 1.82) is 0 Å². The maximum absolute atomic E-state index is 11.9. The van der Waals surface area contributed by atoms with Gasteiger partial charge in [-0.1, -0.05) is 12.1 Å². The molecule has 0 spiro atoms. The Labute approximate surface area is 143 Å². The number of amides is 1. The Morgan fingerprint density at radius 1 is 1.33 bits per heavy atom. The first kappa shape index (κ1) is 16.3. The number of carbonyl (C=O) groups is 1. The first-order chi connectivity index (χ1) is 11.5. The highest BCUT2D eigenvalue weighted by molar-refractivity contribution is 7.08. The van der Waals surface area contributed by atoms with Gasteiger partial charge in [0.2, 0.25) is 5.91 Å². The summed E-state index contributed by atoms with van der Waals surface area (Å²) in [4.78, 5) is 20.7. The summed E-state index contributed by atoms with van der Waals surface area (Å²) in [5.41, 5.74) is 1.89. The minimum Gasteiger partial charge on any atom is -0.384 e. The molecular weight excluding hydrogens is 322 g/mol. The molecule has 5 nitrogen and oxygen atoms in total. The van der Waals surface area contributed by atoms with Crippen LogP contribution in [-0.2, 0) is 10.4 Å². The maximum atomic E-state index is 11.9. The van der Waals surface area contributed by atoms with E-state index in [1.54, 1.807) is 19.2 Å². The van der Waals surface area contributed by atoms with Crippen LogP contribution < -0.4 is 5.32 Å². The molecule has 2 N–H and O–H groups in total. The predicted octanol–water partition coefficient (Wildman–Crippen LogP) is 2.73. The highest BCUT2D eigenvalue weighted by atomic mass is 32.1. The summed E-state index contributed by atoms with van der Waals surface area (Å²) < 4.78 is 0. The zero-order chi connectivity index (χ0) is 17.0. The number of nitrogens with zero attached hydrogens (tertiary/aromatic N) is 2. The van der Waals surface area contributed by atoms with E-state index in [2.05, 4.69) is 15.3 Å². The van der Waals surface area contributed by atoms with Gasteiger partial charge in [0.05, 0.1) is 29.5 Å². The van der Waals surface area contributed by atoms with Crippen molar-refractivity contribution in [3.8, 4) is 0 Å². The first-order valence-electron chi connectivity index (χ1n) is 7.47. The van der Waals surface area contributed by atoms with E-state index in [0.717, 1.165) is 16.6 Å². The zero-order valence-corrected chi connectivity index (χ0v) is 14.0. The second-order valence-electron chi connectivity index (χ2n) is 5.62. The number of aromatic nitrogens is 2. The van der Waals surface area contributed by atoms with Gasteiger partial charge >= 0.3 is 0 Å². The van der Waals surface area contributed by atoms with E-state index in [4.69, 9.17) is 0 Å². The van der Waals surface area contributed by atoms with E-state index >= 15 is 0 Å². The van der Waals surface area contributed by atoms with Crippen LogP contribution in [0.3, 0.4) is 0 Å². The van der Waals surface area contributed by atoms with Crippen molar-refractivity contribution >= 4 is 34.4 Å². The summed E-state index contributed by atoms with van der Waals surface area (Å²) in [7, 11) is 0. The number of para-hydroxylation sites is 2. The number of rotatable bonds is 5. The van der Waals surface area contributed by atoms with Gasteiger partial charge in [0.25, 0.3) is 0 Å². The van der Waals surface area contributed by atoms with E-state index < -0.39 is 5.60 Å². The van der Waals surface area contributed by atoms with Crippen LogP contribution in [0.15, 0.2) is 53.4 Å². The van der Waals surface area contributed by atoms with Gasteiger partial charge < -0.3 is 10.4 Å². The highest BCUT2D eigenvalue weighted by Crippen LogP contribution is 2.21. The number of carbonyl (C=O) groups excluding carboxylic acids is 1. The van der Waals surface area contributed by atoms with Crippen LogP contribution in [0.4, 0.5) is 0 Å². The van der Waals surface area contributed by atoms with Gasteiger partial charge in [-0.15, -0.1) is 0 Å². The molecule has 3 rings (SSSR count). The average Bonchev–Trinajstić information content (AvgIpc) is 3.13. The second-order valence-corrected chi connectivity index (χ2v) is 6.40. The van der Waals surface area contributed by atoms with Gasteiger partial charge in [-0.2, -0.15) is 11.3 Å². The Bertz CT molecular complexity index is 873. The van der Waals surface area contributed by atoms with Gasteiger partial charge in [-0.05, 0) is 47.5 Å². The number of aliphatic hydroxyl groups is 1. The molecule has 3 aromatic rings. The SMILES string of the molecule is CC(O)(CNC(=O)C=Cc1cnc2ccccc2n1)c1ccsc1. The zero-order valence-electron chi connectivity index (χ0n) is 13.1. The predicted molar refractivity (Wildman–Crippen MR) is 95.5 cm³/mol. The Kier molecular flexibility index (Phi) is 4.69. The van der Waals surface area contributed by atoms with E-state index in [9.17, 15) is 9.90 Å². The number of benzene rings is 1. The summed E-state index contributed by atoms with van der Waals surface area (Å²) in [5.74, 6) is -0.291. The number of nitrogens with one attached hydrogen (secondary N) is 1. The lowest BCUT2D eigenvalue weighted by molar-refractivity contribution is -0.117. The van der Waals surface area contributed by atoms with E-state index in [1.807, 2.05) is 41.1 Å². The normalized spacial score (nSPS) is 13.9. The van der Waals surface area contributed by atoms with Crippen LogP contribution in [0.1, 0.15) is 18.2 Å². The van der Waals surface area contributed by atoms with Gasteiger partial charge in [0.15, 0.2) is 0 Å². The molecular formula is C18H17N3O2S. The summed E-state index contributed by atoms with van der Waals surface area (Å²) in [6, 6.07) is 9.40. The van der Waals surface area contributed by atoms with Crippen molar-refractivity contribution in [3.05, 3.63) is 64.6 Å².